The van der Waals surface area contributed by atoms with E-state index in [0.29, 0.717) is 30.6 Å². The Bertz CT molecular complexity index is 1150. The highest BCUT2D eigenvalue weighted by molar-refractivity contribution is 6.22. The van der Waals surface area contributed by atoms with Crippen molar-refractivity contribution in [1.29, 1.82) is 0 Å². The van der Waals surface area contributed by atoms with E-state index in [2.05, 4.69) is 17.0 Å². The molecule has 6 heteroatoms. The van der Waals surface area contributed by atoms with E-state index < -0.39 is 17.9 Å². The number of hydrogen-bond acceptors (Lipinski definition) is 4. The van der Waals surface area contributed by atoms with E-state index >= 15 is 0 Å². The highest BCUT2D eigenvalue weighted by Gasteiger charge is 2.44. The first-order valence-corrected chi connectivity index (χ1v) is 11.7. The van der Waals surface area contributed by atoms with Gasteiger partial charge < -0.3 is 4.90 Å². The minimum atomic E-state index is -0.865. The van der Waals surface area contributed by atoms with Gasteiger partial charge in [-0.1, -0.05) is 72.8 Å². The monoisotopic (exact) mass is 453 g/mol. The average Bonchev–Trinajstić information content (AvgIpc) is 3.14. The van der Waals surface area contributed by atoms with Gasteiger partial charge in [0.05, 0.1) is 11.1 Å². The predicted octanol–water partition coefficient (Wildman–Crippen LogP) is 3.24. The van der Waals surface area contributed by atoms with E-state index in [1.807, 2.05) is 48.5 Å². The van der Waals surface area contributed by atoms with E-state index in [-0.39, 0.29) is 5.91 Å². The molecular weight excluding hydrogens is 426 g/mol. The van der Waals surface area contributed by atoms with E-state index in [9.17, 15) is 14.4 Å². The molecule has 5 rings (SSSR count). The maximum absolute atomic E-state index is 13.8. The number of benzene rings is 3. The first-order valence-electron chi connectivity index (χ1n) is 11.7. The van der Waals surface area contributed by atoms with Crippen LogP contribution in [0.3, 0.4) is 0 Å². The number of hydrogen-bond donors (Lipinski definition) is 0. The molecule has 0 bridgehead atoms. The molecule has 6 nitrogen and oxygen atoms in total. The molecule has 0 saturated carbocycles. The van der Waals surface area contributed by atoms with Crippen molar-refractivity contribution in [2.45, 2.75) is 19.0 Å². The molecule has 0 aromatic heterocycles. The number of imide groups is 1. The summed E-state index contributed by atoms with van der Waals surface area (Å²) in [5.41, 5.74) is 2.90. The molecule has 1 saturated heterocycles. The number of nitrogens with zero attached hydrogens (tertiary/aromatic N) is 3. The van der Waals surface area contributed by atoms with Gasteiger partial charge in [0.15, 0.2) is 0 Å². The molecule has 3 aromatic carbocycles. The zero-order valence-electron chi connectivity index (χ0n) is 19.0. The van der Waals surface area contributed by atoms with Crippen molar-refractivity contribution in [2.75, 3.05) is 26.2 Å². The third-order valence-corrected chi connectivity index (χ3v) is 6.63. The Balaban J connectivity index is 1.34. The van der Waals surface area contributed by atoms with Crippen molar-refractivity contribution in [1.82, 2.24) is 14.7 Å². The quantitative estimate of drug-likeness (QED) is 0.538. The summed E-state index contributed by atoms with van der Waals surface area (Å²) in [5, 5.41) is 0. The minimum absolute atomic E-state index is 0.169. The molecule has 2 heterocycles. The second-order valence-corrected chi connectivity index (χ2v) is 8.82. The van der Waals surface area contributed by atoms with Crippen LogP contribution in [0.1, 0.15) is 31.8 Å². The summed E-state index contributed by atoms with van der Waals surface area (Å²) in [4.78, 5) is 45.5. The SMILES string of the molecule is O=C(C(Cc1ccccc1)N1C(=O)c2ccccc2C1=O)N1CCN(Cc2ccccc2)CC1. The lowest BCUT2D eigenvalue weighted by atomic mass is 10.0. The Morgan fingerprint density at radius 1 is 0.676 bits per heavy atom. The van der Waals surface area contributed by atoms with Crippen LogP contribution in [0.5, 0.6) is 0 Å². The molecular formula is C28H27N3O3. The summed E-state index contributed by atoms with van der Waals surface area (Å²) in [5.74, 6) is -0.951. The highest BCUT2D eigenvalue weighted by atomic mass is 16.2. The fourth-order valence-corrected chi connectivity index (χ4v) is 4.80. The third-order valence-electron chi connectivity index (χ3n) is 6.63. The normalized spacial score (nSPS) is 17.1. The molecule has 0 N–H and O–H groups in total. The van der Waals surface area contributed by atoms with Crippen LogP contribution in [0.25, 0.3) is 0 Å². The summed E-state index contributed by atoms with van der Waals surface area (Å²) in [7, 11) is 0. The first kappa shape index (κ1) is 22.0. The summed E-state index contributed by atoms with van der Waals surface area (Å²) in [6, 6.07) is 25.8. The van der Waals surface area contributed by atoms with Gasteiger partial charge in [-0.2, -0.15) is 0 Å². The Hall–Kier alpha value is -3.77. The van der Waals surface area contributed by atoms with Crippen molar-refractivity contribution in [2.24, 2.45) is 0 Å². The molecule has 1 unspecified atom stereocenters. The molecule has 2 aliphatic rings. The zero-order valence-corrected chi connectivity index (χ0v) is 19.0. The van der Waals surface area contributed by atoms with Crippen molar-refractivity contribution in [3.63, 3.8) is 0 Å². The van der Waals surface area contributed by atoms with Crippen LogP contribution < -0.4 is 0 Å². The van der Waals surface area contributed by atoms with Gasteiger partial charge in [0.2, 0.25) is 5.91 Å². The molecule has 3 amide bonds. The smallest absolute Gasteiger partial charge is 0.262 e. The first-order chi connectivity index (χ1) is 16.6. The van der Waals surface area contributed by atoms with Crippen LogP contribution in [-0.4, -0.2) is 64.6 Å². The lowest BCUT2D eigenvalue weighted by Gasteiger charge is -2.38. The average molecular weight is 454 g/mol. The van der Waals surface area contributed by atoms with Crippen LogP contribution in [0.15, 0.2) is 84.9 Å². The minimum Gasteiger partial charge on any atom is -0.338 e. The number of rotatable bonds is 6. The Morgan fingerprint density at radius 3 is 1.74 bits per heavy atom. The molecule has 0 aliphatic carbocycles. The largest absolute Gasteiger partial charge is 0.338 e. The molecule has 1 atom stereocenters. The van der Waals surface area contributed by atoms with Gasteiger partial charge in [0, 0.05) is 39.1 Å². The number of carbonyl (C=O) groups excluding carboxylic acids is 3. The molecule has 2 aliphatic heterocycles. The molecule has 172 valence electrons. The molecule has 0 radical (unpaired) electrons. The lowest BCUT2D eigenvalue weighted by Crippen LogP contribution is -2.56. The standard InChI is InChI=1S/C28H27N3O3/c32-26-23-13-7-8-14-24(23)27(33)31(26)25(19-21-9-3-1-4-10-21)28(34)30-17-15-29(16-18-30)20-22-11-5-2-6-12-22/h1-14,25H,15-20H2. The zero-order chi connectivity index (χ0) is 23.5. The number of piperazine rings is 1. The lowest BCUT2D eigenvalue weighted by molar-refractivity contribution is -0.137. The third kappa shape index (κ3) is 4.37. The number of amides is 3. The maximum Gasteiger partial charge on any atom is 0.262 e. The second kappa shape index (κ2) is 9.61. The van der Waals surface area contributed by atoms with Crippen molar-refractivity contribution >= 4 is 17.7 Å². The maximum atomic E-state index is 13.8. The summed E-state index contributed by atoms with van der Waals surface area (Å²) in [6.07, 6.45) is 0.301. The van der Waals surface area contributed by atoms with Crippen LogP contribution in [0.2, 0.25) is 0 Å². The summed E-state index contributed by atoms with van der Waals surface area (Å²) < 4.78 is 0. The predicted molar refractivity (Wildman–Crippen MR) is 129 cm³/mol. The van der Waals surface area contributed by atoms with Gasteiger partial charge in [0.25, 0.3) is 11.8 Å². The highest BCUT2D eigenvalue weighted by Crippen LogP contribution is 2.27. The van der Waals surface area contributed by atoms with Gasteiger partial charge in [0.1, 0.15) is 6.04 Å². The Morgan fingerprint density at radius 2 is 1.18 bits per heavy atom. The Kier molecular flexibility index (Phi) is 6.23. The summed E-state index contributed by atoms with van der Waals surface area (Å²) in [6.45, 7) is 3.48. The van der Waals surface area contributed by atoms with E-state index in [1.165, 1.54) is 10.5 Å². The second-order valence-electron chi connectivity index (χ2n) is 8.82. The van der Waals surface area contributed by atoms with Crippen molar-refractivity contribution < 1.29 is 14.4 Å². The van der Waals surface area contributed by atoms with E-state index in [0.717, 1.165) is 25.2 Å². The van der Waals surface area contributed by atoms with Crippen LogP contribution in [0, 0.1) is 0 Å². The van der Waals surface area contributed by atoms with Crippen LogP contribution >= 0.6 is 0 Å². The molecule has 3 aromatic rings. The van der Waals surface area contributed by atoms with Crippen LogP contribution in [0.4, 0.5) is 0 Å². The molecule has 0 spiro atoms. The molecule has 34 heavy (non-hydrogen) atoms. The summed E-state index contributed by atoms with van der Waals surface area (Å²) >= 11 is 0. The van der Waals surface area contributed by atoms with Gasteiger partial charge in [-0.3, -0.25) is 24.2 Å². The van der Waals surface area contributed by atoms with Crippen LogP contribution in [-0.2, 0) is 17.8 Å². The van der Waals surface area contributed by atoms with Gasteiger partial charge in [-0.05, 0) is 23.3 Å². The van der Waals surface area contributed by atoms with E-state index in [4.69, 9.17) is 0 Å². The fourth-order valence-electron chi connectivity index (χ4n) is 4.80. The Labute approximate surface area is 199 Å². The number of carbonyl (C=O) groups is 3. The van der Waals surface area contributed by atoms with Gasteiger partial charge in [-0.25, -0.2) is 0 Å². The van der Waals surface area contributed by atoms with Crippen molar-refractivity contribution in [3.8, 4) is 0 Å². The fraction of sp³-hybridized carbons (Fsp3) is 0.250. The van der Waals surface area contributed by atoms with Gasteiger partial charge >= 0.3 is 0 Å². The van der Waals surface area contributed by atoms with Crippen molar-refractivity contribution in [3.05, 3.63) is 107 Å². The van der Waals surface area contributed by atoms with Gasteiger partial charge in [-0.15, -0.1) is 0 Å². The topological polar surface area (TPSA) is 60.9 Å². The number of fused-ring (bicyclic) bond motifs is 1. The van der Waals surface area contributed by atoms with E-state index in [1.54, 1.807) is 29.2 Å². The molecule has 1 fully saturated rings.